The highest BCUT2D eigenvalue weighted by Crippen LogP contribution is 2.00. The summed E-state index contributed by atoms with van der Waals surface area (Å²) in [5, 5.41) is 3.33. The van der Waals surface area contributed by atoms with Crippen molar-refractivity contribution in [2.24, 2.45) is 5.92 Å². The summed E-state index contributed by atoms with van der Waals surface area (Å²) in [7, 11) is 0. The second-order valence-corrected chi connectivity index (χ2v) is 4.09. The first-order chi connectivity index (χ1) is 6.29. The molecule has 0 aromatic rings. The molecule has 0 spiro atoms. The van der Waals surface area contributed by atoms with Crippen LogP contribution < -0.4 is 5.32 Å². The van der Waals surface area contributed by atoms with Crippen LogP contribution in [-0.4, -0.2) is 44.4 Å². The van der Waals surface area contributed by atoms with Gasteiger partial charge in [0.15, 0.2) is 0 Å². The molecule has 0 aliphatic carbocycles. The molecule has 1 heterocycles. The number of nitrogens with zero attached hydrogens (tertiary/aromatic N) is 1. The van der Waals surface area contributed by atoms with Gasteiger partial charge in [0.05, 0.1) is 6.73 Å². The van der Waals surface area contributed by atoms with Crippen molar-refractivity contribution in [1.82, 2.24) is 10.2 Å². The van der Waals surface area contributed by atoms with Crippen LogP contribution in [0.15, 0.2) is 0 Å². The Morgan fingerprint density at radius 2 is 2.00 bits per heavy atom. The van der Waals surface area contributed by atoms with Crippen LogP contribution in [-0.2, 0) is 4.74 Å². The fraction of sp³-hybridized carbons (Fsp3) is 1.00. The first-order valence-electron chi connectivity index (χ1n) is 5.30. The normalized spacial score (nSPS) is 19.6. The zero-order valence-corrected chi connectivity index (χ0v) is 8.88. The zero-order valence-electron chi connectivity index (χ0n) is 8.88. The van der Waals surface area contributed by atoms with Crippen molar-refractivity contribution in [3.63, 3.8) is 0 Å². The molecule has 1 aliphatic rings. The van der Waals surface area contributed by atoms with Gasteiger partial charge in [0.25, 0.3) is 0 Å². The lowest BCUT2D eigenvalue weighted by Crippen LogP contribution is -2.44. The molecule has 0 saturated carbocycles. The second kappa shape index (κ2) is 6.35. The third-order valence-electron chi connectivity index (χ3n) is 2.32. The maximum Gasteiger partial charge on any atom is 0.0991 e. The number of rotatable bonds is 5. The summed E-state index contributed by atoms with van der Waals surface area (Å²) in [5.74, 6) is 0.753. The van der Waals surface area contributed by atoms with Crippen LogP contribution in [0.25, 0.3) is 0 Å². The van der Waals surface area contributed by atoms with Gasteiger partial charge in [-0.2, -0.15) is 0 Å². The Labute approximate surface area is 81.4 Å². The standard InChI is InChI=1S/C10H22N2O/c1-10(2)3-8-13-9-12-6-4-11-5-7-12/h10-11H,3-9H2,1-2H3. The quantitative estimate of drug-likeness (QED) is 0.646. The predicted octanol–water partition coefficient (Wildman–Crippen LogP) is 0.912. The van der Waals surface area contributed by atoms with E-state index >= 15 is 0 Å². The molecule has 1 rings (SSSR count). The van der Waals surface area contributed by atoms with Gasteiger partial charge in [0.1, 0.15) is 0 Å². The van der Waals surface area contributed by atoms with Crippen LogP contribution in [0.1, 0.15) is 20.3 Å². The molecule has 0 atom stereocenters. The lowest BCUT2D eigenvalue weighted by atomic mass is 10.1. The van der Waals surface area contributed by atoms with Gasteiger partial charge in [-0.05, 0) is 12.3 Å². The Bertz CT molecular complexity index is 122. The Balaban J connectivity index is 1.92. The van der Waals surface area contributed by atoms with Gasteiger partial charge in [-0.1, -0.05) is 13.8 Å². The Kier molecular flexibility index (Phi) is 5.35. The molecular weight excluding hydrogens is 164 g/mol. The Hall–Kier alpha value is -0.120. The Morgan fingerprint density at radius 1 is 1.31 bits per heavy atom. The van der Waals surface area contributed by atoms with Crippen molar-refractivity contribution < 1.29 is 4.74 Å². The van der Waals surface area contributed by atoms with E-state index in [1.54, 1.807) is 0 Å². The van der Waals surface area contributed by atoms with Crippen LogP contribution in [0.5, 0.6) is 0 Å². The molecule has 0 amide bonds. The largest absolute Gasteiger partial charge is 0.366 e. The third kappa shape index (κ3) is 5.24. The van der Waals surface area contributed by atoms with E-state index in [-0.39, 0.29) is 0 Å². The van der Waals surface area contributed by atoms with Crippen molar-refractivity contribution in [1.29, 1.82) is 0 Å². The van der Waals surface area contributed by atoms with Crippen molar-refractivity contribution in [2.75, 3.05) is 39.5 Å². The van der Waals surface area contributed by atoms with Gasteiger partial charge in [-0.3, -0.25) is 4.90 Å². The highest BCUT2D eigenvalue weighted by atomic mass is 16.5. The molecule has 1 aliphatic heterocycles. The van der Waals surface area contributed by atoms with Crippen molar-refractivity contribution in [3.8, 4) is 0 Å². The Morgan fingerprint density at radius 3 is 2.62 bits per heavy atom. The van der Waals surface area contributed by atoms with Gasteiger partial charge < -0.3 is 10.1 Å². The maximum absolute atomic E-state index is 5.58. The molecule has 1 N–H and O–H groups in total. The topological polar surface area (TPSA) is 24.5 Å². The molecule has 0 unspecified atom stereocenters. The predicted molar refractivity (Wildman–Crippen MR) is 54.7 cm³/mol. The number of hydrogen-bond donors (Lipinski definition) is 1. The van der Waals surface area contributed by atoms with Crippen molar-refractivity contribution >= 4 is 0 Å². The van der Waals surface area contributed by atoms with E-state index in [1.807, 2.05) is 0 Å². The summed E-state index contributed by atoms with van der Waals surface area (Å²) in [4.78, 5) is 2.36. The molecular formula is C10H22N2O. The van der Waals surface area contributed by atoms with E-state index in [2.05, 4.69) is 24.1 Å². The molecule has 1 fully saturated rings. The van der Waals surface area contributed by atoms with Crippen molar-refractivity contribution in [2.45, 2.75) is 20.3 Å². The van der Waals surface area contributed by atoms with Gasteiger partial charge in [-0.25, -0.2) is 0 Å². The molecule has 13 heavy (non-hydrogen) atoms. The minimum atomic E-state index is 0.753. The van der Waals surface area contributed by atoms with Crippen LogP contribution >= 0.6 is 0 Å². The lowest BCUT2D eigenvalue weighted by Gasteiger charge is -2.26. The minimum Gasteiger partial charge on any atom is -0.366 e. The molecule has 1 saturated heterocycles. The molecule has 3 heteroatoms. The summed E-state index contributed by atoms with van der Waals surface area (Å²) in [5.41, 5.74) is 0. The second-order valence-electron chi connectivity index (χ2n) is 4.09. The van der Waals surface area contributed by atoms with E-state index < -0.39 is 0 Å². The van der Waals surface area contributed by atoms with Crippen LogP contribution in [0.3, 0.4) is 0 Å². The molecule has 0 bridgehead atoms. The van der Waals surface area contributed by atoms with E-state index in [4.69, 9.17) is 4.74 Å². The van der Waals surface area contributed by atoms with E-state index in [1.165, 1.54) is 6.42 Å². The number of nitrogens with one attached hydrogen (secondary N) is 1. The zero-order chi connectivity index (χ0) is 9.52. The fourth-order valence-corrected chi connectivity index (χ4v) is 1.35. The lowest BCUT2D eigenvalue weighted by molar-refractivity contribution is 0.0182. The van der Waals surface area contributed by atoms with Gasteiger partial charge >= 0.3 is 0 Å². The summed E-state index contributed by atoms with van der Waals surface area (Å²) in [6.07, 6.45) is 1.17. The first-order valence-corrected chi connectivity index (χ1v) is 5.30. The van der Waals surface area contributed by atoms with Crippen LogP contribution in [0.4, 0.5) is 0 Å². The first kappa shape index (κ1) is 11.0. The van der Waals surface area contributed by atoms with Gasteiger partial charge in [-0.15, -0.1) is 0 Å². The number of piperazine rings is 1. The molecule has 0 radical (unpaired) electrons. The monoisotopic (exact) mass is 186 g/mol. The summed E-state index contributed by atoms with van der Waals surface area (Å²) in [6, 6.07) is 0. The SMILES string of the molecule is CC(C)CCOCN1CCNCC1. The van der Waals surface area contributed by atoms with E-state index in [0.717, 1.165) is 45.4 Å². The third-order valence-corrected chi connectivity index (χ3v) is 2.32. The smallest absolute Gasteiger partial charge is 0.0991 e. The summed E-state index contributed by atoms with van der Waals surface area (Å²) in [6.45, 7) is 10.6. The molecule has 78 valence electrons. The minimum absolute atomic E-state index is 0.753. The fourth-order valence-electron chi connectivity index (χ4n) is 1.35. The van der Waals surface area contributed by atoms with E-state index in [9.17, 15) is 0 Å². The van der Waals surface area contributed by atoms with Gasteiger partial charge in [0, 0.05) is 32.8 Å². The average Bonchev–Trinajstić information content (AvgIpc) is 2.14. The molecule has 0 aromatic carbocycles. The average molecular weight is 186 g/mol. The van der Waals surface area contributed by atoms with E-state index in [0.29, 0.717) is 0 Å². The van der Waals surface area contributed by atoms with Crippen molar-refractivity contribution in [3.05, 3.63) is 0 Å². The van der Waals surface area contributed by atoms with Crippen LogP contribution in [0, 0.1) is 5.92 Å². The maximum atomic E-state index is 5.58. The summed E-state index contributed by atoms with van der Waals surface area (Å²) < 4.78 is 5.58. The highest BCUT2D eigenvalue weighted by molar-refractivity contribution is 4.64. The number of ether oxygens (including phenoxy) is 1. The number of hydrogen-bond acceptors (Lipinski definition) is 3. The molecule has 3 nitrogen and oxygen atoms in total. The highest BCUT2D eigenvalue weighted by Gasteiger charge is 2.08. The summed E-state index contributed by atoms with van der Waals surface area (Å²) >= 11 is 0. The van der Waals surface area contributed by atoms with Gasteiger partial charge in [0.2, 0.25) is 0 Å². The molecule has 0 aromatic heterocycles. The van der Waals surface area contributed by atoms with Crippen LogP contribution in [0.2, 0.25) is 0 Å².